The van der Waals surface area contributed by atoms with Gasteiger partial charge in [-0.25, -0.2) is 4.79 Å². The number of aromatic nitrogens is 1. The van der Waals surface area contributed by atoms with Crippen LogP contribution < -0.4 is 10.6 Å². The normalized spacial score (nSPS) is 23.9. The van der Waals surface area contributed by atoms with Crippen LogP contribution in [0.5, 0.6) is 5.75 Å². The molecule has 2 aromatic rings. The number of anilines is 1. The van der Waals surface area contributed by atoms with Crippen LogP contribution in [-0.4, -0.2) is 45.6 Å². The summed E-state index contributed by atoms with van der Waals surface area (Å²) in [5, 5.41) is 24.3. The van der Waals surface area contributed by atoms with Gasteiger partial charge in [0.1, 0.15) is 5.75 Å². The van der Waals surface area contributed by atoms with Gasteiger partial charge in [0.2, 0.25) is 5.91 Å². The SMILES string of the molecule is N#C[C@@H]1C[C@@H]2C[C@@H]2N1CC(=O)NC(=O)Nc1ccnc2ccc(O)cc12. The molecule has 2 fully saturated rings. The number of hydrogen-bond donors (Lipinski definition) is 3. The van der Waals surface area contributed by atoms with Crippen LogP contribution in [0.25, 0.3) is 10.9 Å². The Kier molecular flexibility index (Phi) is 3.93. The molecule has 2 aliphatic rings. The lowest BCUT2D eigenvalue weighted by atomic mass is 10.2. The number of likely N-dealkylation sites (tertiary alicyclic amines) is 1. The minimum Gasteiger partial charge on any atom is -0.508 e. The summed E-state index contributed by atoms with van der Waals surface area (Å²) in [6.45, 7) is 0.0324. The number of phenols is 1. The van der Waals surface area contributed by atoms with Crippen molar-refractivity contribution in [3.8, 4) is 11.8 Å². The molecule has 8 nitrogen and oxygen atoms in total. The molecule has 1 aliphatic heterocycles. The van der Waals surface area contributed by atoms with Gasteiger partial charge in [0.25, 0.3) is 0 Å². The fourth-order valence-corrected chi connectivity index (χ4v) is 3.63. The number of nitriles is 1. The number of piperidine rings is 1. The number of imide groups is 1. The lowest BCUT2D eigenvalue weighted by Crippen LogP contribution is -2.44. The topological polar surface area (TPSA) is 118 Å². The highest BCUT2D eigenvalue weighted by atomic mass is 16.3. The Balaban J connectivity index is 1.41. The molecular formula is C18H17N5O3. The van der Waals surface area contributed by atoms with Crippen molar-refractivity contribution in [1.82, 2.24) is 15.2 Å². The van der Waals surface area contributed by atoms with E-state index in [0.29, 0.717) is 28.6 Å². The number of amides is 3. The van der Waals surface area contributed by atoms with Crippen molar-refractivity contribution >= 4 is 28.5 Å². The first-order chi connectivity index (χ1) is 12.5. The number of aromatic hydroxyl groups is 1. The molecule has 3 amide bonds. The van der Waals surface area contributed by atoms with Crippen molar-refractivity contribution in [3.05, 3.63) is 30.5 Å². The summed E-state index contributed by atoms with van der Waals surface area (Å²) in [4.78, 5) is 30.4. The Morgan fingerprint density at radius 3 is 3.00 bits per heavy atom. The van der Waals surface area contributed by atoms with Crippen LogP contribution in [0.4, 0.5) is 10.5 Å². The first-order valence-electron chi connectivity index (χ1n) is 8.39. The third kappa shape index (κ3) is 3.05. The molecule has 0 bridgehead atoms. The molecule has 3 N–H and O–H groups in total. The molecule has 3 atom stereocenters. The van der Waals surface area contributed by atoms with E-state index in [4.69, 9.17) is 5.26 Å². The summed E-state index contributed by atoms with van der Waals surface area (Å²) in [6.07, 6.45) is 3.35. The summed E-state index contributed by atoms with van der Waals surface area (Å²) < 4.78 is 0. The summed E-state index contributed by atoms with van der Waals surface area (Å²) in [5.74, 6) is 0.120. The van der Waals surface area contributed by atoms with E-state index in [2.05, 4.69) is 21.7 Å². The van der Waals surface area contributed by atoms with Crippen LogP contribution in [0.15, 0.2) is 30.5 Å². The molecule has 1 aromatic carbocycles. The van der Waals surface area contributed by atoms with Gasteiger partial charge >= 0.3 is 6.03 Å². The predicted molar refractivity (Wildman–Crippen MR) is 93.2 cm³/mol. The number of urea groups is 1. The number of nitrogens with zero attached hydrogens (tertiary/aromatic N) is 3. The van der Waals surface area contributed by atoms with Gasteiger partial charge in [-0.3, -0.25) is 20.0 Å². The lowest BCUT2D eigenvalue weighted by Gasteiger charge is -2.21. The molecule has 8 heteroatoms. The van der Waals surface area contributed by atoms with Gasteiger partial charge in [-0.1, -0.05) is 0 Å². The summed E-state index contributed by atoms with van der Waals surface area (Å²) >= 11 is 0. The summed E-state index contributed by atoms with van der Waals surface area (Å²) in [5.41, 5.74) is 1.05. The fourth-order valence-electron chi connectivity index (χ4n) is 3.63. The van der Waals surface area contributed by atoms with Gasteiger partial charge in [0, 0.05) is 17.6 Å². The summed E-state index contributed by atoms with van der Waals surface area (Å²) in [6, 6.07) is 7.83. The number of rotatable bonds is 3. The number of pyridine rings is 1. The van der Waals surface area contributed by atoms with Gasteiger partial charge in [-0.2, -0.15) is 5.26 Å². The molecule has 1 aromatic heterocycles. The van der Waals surface area contributed by atoms with E-state index >= 15 is 0 Å². The maximum absolute atomic E-state index is 12.2. The number of phenolic OH excluding ortho intramolecular Hbond substituents is 1. The van der Waals surface area contributed by atoms with Crippen molar-refractivity contribution in [1.29, 1.82) is 5.26 Å². The van der Waals surface area contributed by atoms with Crippen molar-refractivity contribution in [3.63, 3.8) is 0 Å². The van der Waals surface area contributed by atoms with Crippen molar-refractivity contribution in [2.24, 2.45) is 5.92 Å². The molecule has 1 aliphatic carbocycles. The van der Waals surface area contributed by atoms with E-state index in [1.165, 1.54) is 18.3 Å². The van der Waals surface area contributed by atoms with Crippen molar-refractivity contribution in [2.45, 2.75) is 24.9 Å². The van der Waals surface area contributed by atoms with E-state index in [9.17, 15) is 14.7 Å². The quantitative estimate of drug-likeness (QED) is 0.772. The zero-order chi connectivity index (χ0) is 18.3. The first kappa shape index (κ1) is 16.3. The molecule has 1 saturated heterocycles. The molecular weight excluding hydrogens is 334 g/mol. The highest BCUT2D eigenvalue weighted by Gasteiger charge is 2.52. The van der Waals surface area contributed by atoms with Crippen molar-refractivity contribution in [2.75, 3.05) is 11.9 Å². The van der Waals surface area contributed by atoms with Gasteiger partial charge < -0.3 is 10.4 Å². The average molecular weight is 351 g/mol. The molecule has 0 unspecified atom stereocenters. The minimum absolute atomic E-state index is 0.0324. The Hall–Kier alpha value is -3.18. The first-order valence-corrected chi connectivity index (χ1v) is 8.39. The van der Waals surface area contributed by atoms with Crippen LogP contribution in [0.3, 0.4) is 0 Å². The van der Waals surface area contributed by atoms with Crippen molar-refractivity contribution < 1.29 is 14.7 Å². The Morgan fingerprint density at radius 2 is 2.19 bits per heavy atom. The van der Waals surface area contributed by atoms with Crippen LogP contribution in [0, 0.1) is 17.2 Å². The van der Waals surface area contributed by atoms with E-state index in [1.807, 2.05) is 4.90 Å². The van der Waals surface area contributed by atoms with Gasteiger partial charge in [0.05, 0.1) is 29.9 Å². The van der Waals surface area contributed by atoms with Crippen LogP contribution in [-0.2, 0) is 4.79 Å². The lowest BCUT2D eigenvalue weighted by molar-refractivity contribution is -0.121. The van der Waals surface area contributed by atoms with Crippen LogP contribution in [0.1, 0.15) is 12.8 Å². The highest BCUT2D eigenvalue weighted by Crippen LogP contribution is 2.47. The Labute approximate surface area is 149 Å². The number of fused-ring (bicyclic) bond motifs is 2. The van der Waals surface area contributed by atoms with E-state index in [0.717, 1.165) is 12.8 Å². The maximum atomic E-state index is 12.2. The molecule has 26 heavy (non-hydrogen) atoms. The second-order valence-electron chi connectivity index (χ2n) is 6.68. The fraction of sp³-hybridized carbons (Fsp3) is 0.333. The molecule has 0 spiro atoms. The Bertz CT molecular complexity index is 938. The smallest absolute Gasteiger partial charge is 0.325 e. The number of nitrogens with one attached hydrogen (secondary N) is 2. The molecule has 4 rings (SSSR count). The summed E-state index contributed by atoms with van der Waals surface area (Å²) in [7, 11) is 0. The largest absolute Gasteiger partial charge is 0.508 e. The molecule has 2 heterocycles. The van der Waals surface area contributed by atoms with E-state index in [-0.39, 0.29) is 18.3 Å². The number of carbonyl (C=O) groups excluding carboxylic acids is 2. The second kappa shape index (κ2) is 6.28. The molecule has 0 radical (unpaired) electrons. The second-order valence-corrected chi connectivity index (χ2v) is 6.68. The number of hydrogen-bond acceptors (Lipinski definition) is 6. The van der Waals surface area contributed by atoms with E-state index < -0.39 is 11.9 Å². The predicted octanol–water partition coefficient (Wildman–Crippen LogP) is 1.57. The van der Waals surface area contributed by atoms with Crippen LogP contribution >= 0.6 is 0 Å². The third-order valence-electron chi connectivity index (χ3n) is 4.94. The van der Waals surface area contributed by atoms with E-state index in [1.54, 1.807) is 12.1 Å². The zero-order valence-electron chi connectivity index (χ0n) is 13.8. The highest BCUT2D eigenvalue weighted by molar-refractivity contribution is 6.06. The standard InChI is InChI=1S/C18H17N5O3/c19-8-11-5-10-6-16(10)23(11)9-17(25)22-18(26)21-15-3-4-20-14-2-1-12(24)7-13(14)15/h1-4,7,10-11,16,24H,5-6,9H2,(H2,20,21,22,25,26)/t10-,11+,16+/m1/s1. The maximum Gasteiger partial charge on any atom is 0.325 e. The minimum atomic E-state index is -0.661. The zero-order valence-corrected chi connectivity index (χ0v) is 13.8. The van der Waals surface area contributed by atoms with Gasteiger partial charge in [-0.15, -0.1) is 0 Å². The number of benzene rings is 1. The third-order valence-corrected chi connectivity index (χ3v) is 4.94. The van der Waals surface area contributed by atoms with Gasteiger partial charge in [0.15, 0.2) is 0 Å². The number of carbonyl (C=O) groups is 2. The monoisotopic (exact) mass is 351 g/mol. The molecule has 132 valence electrons. The Morgan fingerprint density at radius 1 is 1.35 bits per heavy atom. The molecule has 1 saturated carbocycles. The average Bonchev–Trinajstić information content (AvgIpc) is 3.30. The van der Waals surface area contributed by atoms with Gasteiger partial charge in [-0.05, 0) is 43.0 Å². The van der Waals surface area contributed by atoms with Crippen LogP contribution in [0.2, 0.25) is 0 Å².